The van der Waals surface area contributed by atoms with Crippen molar-refractivity contribution in [2.24, 2.45) is 0 Å². The van der Waals surface area contributed by atoms with Crippen molar-refractivity contribution in [1.29, 1.82) is 5.41 Å². The highest BCUT2D eigenvalue weighted by molar-refractivity contribution is 5.68. The van der Waals surface area contributed by atoms with Crippen molar-refractivity contribution in [2.45, 2.75) is 24.3 Å². The number of hydrogen-bond donors (Lipinski definition) is 6. The molecule has 0 amide bonds. The first-order chi connectivity index (χ1) is 10.3. The van der Waals surface area contributed by atoms with Gasteiger partial charge < -0.3 is 25.0 Å². The van der Waals surface area contributed by atoms with Crippen LogP contribution in [0.3, 0.4) is 0 Å². The molecule has 1 aliphatic heterocycles. The van der Waals surface area contributed by atoms with Gasteiger partial charge >= 0.3 is 0 Å². The monoisotopic (exact) mass is 302 g/mol. The summed E-state index contributed by atoms with van der Waals surface area (Å²) in [6.45, 7) is -0.748. The van der Waals surface area contributed by atoms with Crippen molar-refractivity contribution in [2.75, 3.05) is 6.61 Å². The molecule has 10 nitrogen and oxygen atoms in total. The largest absolute Gasteiger partial charge is 0.394 e. The number of aromatic amines is 2. The molecule has 3 rings (SSSR count). The van der Waals surface area contributed by atoms with Crippen LogP contribution in [0.15, 0.2) is 11.1 Å². The van der Waals surface area contributed by atoms with Gasteiger partial charge in [0.1, 0.15) is 17.9 Å². The lowest BCUT2D eigenvalue weighted by Gasteiger charge is -2.23. The zero-order valence-electron chi connectivity index (χ0n) is 11.4. The van der Waals surface area contributed by atoms with Gasteiger partial charge in [-0.2, -0.15) is 0 Å². The second-order valence-electron chi connectivity index (χ2n) is 4.62. The molecular formula is C10H12FN5O5. The Hall–Kier alpha value is -2.08. The van der Waals surface area contributed by atoms with Crippen molar-refractivity contribution in [1.82, 2.24) is 19.5 Å². The third-order valence-corrected chi connectivity index (χ3v) is 3.28. The van der Waals surface area contributed by atoms with Crippen LogP contribution in [0.4, 0.5) is 4.39 Å². The number of fused-ring (bicyclic) bond motifs is 1. The number of nitrogens with zero attached hydrogens (tertiary/aromatic N) is 2. The summed E-state index contributed by atoms with van der Waals surface area (Å²) in [5, 5.41) is 35.9. The Labute approximate surface area is 116 Å². The van der Waals surface area contributed by atoms with Gasteiger partial charge in [0.05, 0.1) is 12.9 Å². The van der Waals surface area contributed by atoms with Crippen LogP contribution < -0.4 is 11.2 Å². The Balaban J connectivity index is 2.24. The standard InChI is InChI=1S/C10H12FN5O5/c11-10(20)5(18)3(1-17)21-8(10)16-2-13-4-6(16)14-9(12)15-7(4)19/h2-3,5,8,17-18,20H,1H2,(H3,12,14,15,19)/t3-,5-,8-,10-/m1/s1/i/hD. The summed E-state index contributed by atoms with van der Waals surface area (Å²) >= 11 is 0. The predicted octanol–water partition coefficient (Wildman–Crippen LogP) is -2.56. The van der Waals surface area contributed by atoms with Crippen molar-refractivity contribution in [3.8, 4) is 0 Å². The Bertz CT molecular complexity index is 844. The highest BCUT2D eigenvalue weighted by Gasteiger charge is 2.57. The minimum atomic E-state index is -3.28. The number of rotatable bonds is 2. The first-order valence-corrected chi connectivity index (χ1v) is 5.90. The molecular weight excluding hydrogens is 289 g/mol. The number of alkyl halides is 1. The van der Waals surface area contributed by atoms with Gasteiger partial charge in [-0.3, -0.25) is 19.8 Å². The van der Waals surface area contributed by atoms with E-state index in [1.807, 2.05) is 0 Å². The Morgan fingerprint density at radius 1 is 1.71 bits per heavy atom. The van der Waals surface area contributed by atoms with E-state index in [0.717, 1.165) is 10.9 Å². The highest BCUT2D eigenvalue weighted by atomic mass is 19.2. The minimum Gasteiger partial charge on any atom is -0.394 e. The molecule has 0 aromatic carbocycles. The first kappa shape index (κ1) is 12.6. The normalized spacial score (nSPS) is 33.5. The lowest BCUT2D eigenvalue weighted by atomic mass is 10.1. The summed E-state index contributed by atoms with van der Waals surface area (Å²) in [7, 11) is 0. The number of hydrogen-bond acceptors (Lipinski definition) is 7. The van der Waals surface area contributed by atoms with Crippen LogP contribution in [0.5, 0.6) is 0 Å². The molecule has 0 unspecified atom stereocenters. The molecule has 114 valence electrons. The summed E-state index contributed by atoms with van der Waals surface area (Å²) in [5.41, 5.74) is -1.95. The fourth-order valence-corrected chi connectivity index (χ4v) is 2.24. The molecule has 2 aromatic rings. The van der Waals surface area contributed by atoms with Crippen molar-refractivity contribution in [3.05, 3.63) is 22.3 Å². The Morgan fingerprint density at radius 2 is 2.43 bits per heavy atom. The topological polar surface area (TPSA) is 160 Å². The van der Waals surface area contributed by atoms with Gasteiger partial charge in [-0.15, -0.1) is 0 Å². The van der Waals surface area contributed by atoms with Crippen molar-refractivity contribution >= 4 is 11.2 Å². The van der Waals surface area contributed by atoms with Gasteiger partial charge in [-0.25, -0.2) is 9.37 Å². The summed E-state index contributed by atoms with van der Waals surface area (Å²) in [6.07, 6.45) is -4.33. The average molecular weight is 302 g/mol. The van der Waals surface area contributed by atoms with Gasteiger partial charge in [-0.05, 0) is 0 Å². The number of imidazole rings is 1. The van der Waals surface area contributed by atoms with Crippen LogP contribution >= 0.6 is 0 Å². The molecule has 1 saturated heterocycles. The van der Waals surface area contributed by atoms with Gasteiger partial charge in [0.15, 0.2) is 13.2 Å². The molecule has 0 aliphatic carbocycles. The zero-order chi connectivity index (χ0) is 16.2. The van der Waals surface area contributed by atoms with E-state index in [1.54, 1.807) is 0 Å². The summed E-state index contributed by atoms with van der Waals surface area (Å²) in [6, 6.07) is 0. The van der Waals surface area contributed by atoms with E-state index in [4.69, 9.17) is 16.7 Å². The molecule has 21 heavy (non-hydrogen) atoms. The van der Waals surface area contributed by atoms with Crippen LogP contribution in [-0.4, -0.2) is 59.5 Å². The number of H-pyrrole nitrogens is 2. The number of nitrogens with one attached hydrogen (secondary N) is 3. The highest BCUT2D eigenvalue weighted by Crippen LogP contribution is 2.40. The molecule has 11 heteroatoms. The molecule has 2 aromatic heterocycles. The maximum absolute atomic E-state index is 14.3. The smallest absolute Gasteiger partial charge is 0.281 e. The van der Waals surface area contributed by atoms with E-state index in [-0.39, 0.29) is 11.2 Å². The molecule has 4 atom stereocenters. The molecule has 0 saturated carbocycles. The SMILES string of the molecule is [2H]n1c(=N)[nH]c(=O)c2ncn([C@@H]3O[C@H](CO)[C@@H](O)[C@]3(O)F)c21. The summed E-state index contributed by atoms with van der Waals surface area (Å²) in [4.78, 5) is 17.9. The van der Waals surface area contributed by atoms with E-state index in [2.05, 4.69) is 9.97 Å². The van der Waals surface area contributed by atoms with E-state index in [1.165, 1.54) is 0 Å². The third kappa shape index (κ3) is 1.90. The number of ether oxygens (including phenoxy) is 1. The van der Waals surface area contributed by atoms with Crippen LogP contribution in [0, 0.1) is 5.41 Å². The molecule has 0 bridgehead atoms. The van der Waals surface area contributed by atoms with Crippen molar-refractivity contribution in [3.63, 3.8) is 0 Å². The minimum absolute atomic E-state index is 0.271. The lowest BCUT2D eigenvalue weighted by Crippen LogP contribution is -2.43. The second-order valence-corrected chi connectivity index (χ2v) is 4.62. The second kappa shape index (κ2) is 4.46. The zero-order valence-corrected chi connectivity index (χ0v) is 10.4. The molecule has 1 fully saturated rings. The van der Waals surface area contributed by atoms with Crippen molar-refractivity contribution < 1.29 is 25.9 Å². The van der Waals surface area contributed by atoms with Gasteiger partial charge in [0.2, 0.25) is 5.62 Å². The van der Waals surface area contributed by atoms with Gasteiger partial charge in [0.25, 0.3) is 11.4 Å². The maximum Gasteiger partial charge on any atom is 0.281 e. The Kier molecular flexibility index (Phi) is 2.68. The number of halogens is 1. The Morgan fingerprint density at radius 3 is 3.05 bits per heavy atom. The van der Waals surface area contributed by atoms with E-state index in [0.29, 0.717) is 4.98 Å². The van der Waals surface area contributed by atoms with E-state index in [9.17, 15) is 19.4 Å². The van der Waals surface area contributed by atoms with Gasteiger partial charge in [0, 0.05) is 0 Å². The predicted molar refractivity (Wildman–Crippen MR) is 63.6 cm³/mol. The van der Waals surface area contributed by atoms with Crippen LogP contribution in [-0.2, 0) is 4.74 Å². The fourth-order valence-electron chi connectivity index (χ4n) is 2.24. The molecule has 6 N–H and O–H groups in total. The van der Waals surface area contributed by atoms with Crippen LogP contribution in [0.1, 0.15) is 6.23 Å². The average Bonchev–Trinajstić information content (AvgIpc) is 2.98. The quantitative estimate of drug-likeness (QED) is 0.358. The van der Waals surface area contributed by atoms with Gasteiger partial charge in [-0.1, -0.05) is 0 Å². The number of aliphatic hydroxyl groups is 3. The number of aliphatic hydroxyl groups excluding tert-OH is 2. The third-order valence-electron chi connectivity index (χ3n) is 3.28. The lowest BCUT2D eigenvalue weighted by molar-refractivity contribution is -0.195. The molecule has 0 radical (unpaired) electrons. The molecule has 1 aliphatic rings. The molecule has 3 heterocycles. The fraction of sp³-hybridized carbons (Fsp3) is 0.500. The van der Waals surface area contributed by atoms with E-state index < -0.39 is 42.1 Å². The summed E-state index contributed by atoms with van der Waals surface area (Å²) < 4.78 is 27.9. The number of aromatic nitrogens is 4. The van der Waals surface area contributed by atoms with Crippen LogP contribution in [0.25, 0.3) is 11.2 Å². The van der Waals surface area contributed by atoms with E-state index >= 15 is 0 Å². The van der Waals surface area contributed by atoms with Crippen LogP contribution in [0.2, 0.25) is 1.41 Å². The molecule has 0 spiro atoms. The first-order valence-electron chi connectivity index (χ1n) is 6.35. The maximum atomic E-state index is 14.3. The summed E-state index contributed by atoms with van der Waals surface area (Å²) in [5.74, 6) is -3.28.